The summed E-state index contributed by atoms with van der Waals surface area (Å²) in [5.41, 5.74) is 1.82. The van der Waals surface area contributed by atoms with Gasteiger partial charge in [0.25, 0.3) is 5.91 Å². The molecule has 2 aromatic carbocycles. The quantitative estimate of drug-likeness (QED) is 0.780. The van der Waals surface area contributed by atoms with Crippen molar-refractivity contribution in [3.05, 3.63) is 54.1 Å². The normalized spacial score (nSPS) is 10.5. The number of carbonyl (C=O) groups excluding carboxylic acids is 1. The number of amides is 1. The fourth-order valence-electron chi connectivity index (χ4n) is 2.10. The summed E-state index contributed by atoms with van der Waals surface area (Å²) < 4.78 is 11.1. The summed E-state index contributed by atoms with van der Waals surface area (Å²) in [5, 5.41) is 2.81. The largest absolute Gasteiger partial charge is 0.494 e. The molecule has 0 aliphatic heterocycles. The first-order valence-corrected chi connectivity index (χ1v) is 8.25. The minimum atomic E-state index is -0.190. The summed E-state index contributed by atoms with van der Waals surface area (Å²) in [7, 11) is 0. The molecular weight excluding hydrogens is 302 g/mol. The standard InChI is InChI=1S/C20H25NO3/c1-15(2)11-12-23-18-9-7-17(8-10-18)21-20(22)14-24-19-6-4-5-16(3)13-19/h4-10,13,15H,11-12,14H2,1-3H3,(H,21,22). The molecule has 0 saturated heterocycles. The molecular formula is C20H25NO3. The topological polar surface area (TPSA) is 47.6 Å². The smallest absolute Gasteiger partial charge is 0.262 e. The lowest BCUT2D eigenvalue weighted by atomic mass is 10.1. The molecule has 0 aromatic heterocycles. The van der Waals surface area contributed by atoms with E-state index in [0.717, 1.165) is 23.4 Å². The van der Waals surface area contributed by atoms with Crippen LogP contribution in [0.3, 0.4) is 0 Å². The van der Waals surface area contributed by atoms with E-state index >= 15 is 0 Å². The predicted octanol–water partition coefficient (Wildman–Crippen LogP) is 4.44. The van der Waals surface area contributed by atoms with Gasteiger partial charge in [-0.25, -0.2) is 0 Å². The average Bonchev–Trinajstić information content (AvgIpc) is 2.54. The molecule has 0 bridgehead atoms. The number of rotatable bonds is 8. The van der Waals surface area contributed by atoms with Crippen LogP contribution in [0.1, 0.15) is 25.8 Å². The van der Waals surface area contributed by atoms with E-state index < -0.39 is 0 Å². The van der Waals surface area contributed by atoms with Crippen LogP contribution in [0.15, 0.2) is 48.5 Å². The molecule has 0 unspecified atom stereocenters. The molecule has 0 atom stereocenters. The van der Waals surface area contributed by atoms with Crippen LogP contribution >= 0.6 is 0 Å². The summed E-state index contributed by atoms with van der Waals surface area (Å²) in [5.74, 6) is 1.94. The lowest BCUT2D eigenvalue weighted by Crippen LogP contribution is -2.20. The minimum absolute atomic E-state index is 0.0178. The maximum atomic E-state index is 11.9. The van der Waals surface area contributed by atoms with Gasteiger partial charge in [0.1, 0.15) is 11.5 Å². The van der Waals surface area contributed by atoms with E-state index in [0.29, 0.717) is 18.3 Å². The number of anilines is 1. The summed E-state index contributed by atoms with van der Waals surface area (Å²) in [6.45, 7) is 7.00. The lowest BCUT2D eigenvalue weighted by Gasteiger charge is -2.10. The second-order valence-corrected chi connectivity index (χ2v) is 6.21. The van der Waals surface area contributed by atoms with Gasteiger partial charge in [0, 0.05) is 5.69 Å². The second kappa shape index (κ2) is 8.96. The maximum Gasteiger partial charge on any atom is 0.262 e. The molecule has 1 amide bonds. The van der Waals surface area contributed by atoms with E-state index in [1.165, 1.54) is 0 Å². The Balaban J connectivity index is 1.77. The average molecular weight is 327 g/mol. The Morgan fingerprint density at radius 3 is 2.46 bits per heavy atom. The Morgan fingerprint density at radius 2 is 1.79 bits per heavy atom. The van der Waals surface area contributed by atoms with Gasteiger partial charge >= 0.3 is 0 Å². The van der Waals surface area contributed by atoms with Crippen LogP contribution in [0.2, 0.25) is 0 Å². The van der Waals surface area contributed by atoms with Crippen LogP contribution in [-0.4, -0.2) is 19.1 Å². The van der Waals surface area contributed by atoms with Crippen LogP contribution in [0.25, 0.3) is 0 Å². The van der Waals surface area contributed by atoms with E-state index in [1.807, 2.05) is 55.5 Å². The molecule has 0 heterocycles. The molecule has 0 fully saturated rings. The van der Waals surface area contributed by atoms with Crippen LogP contribution < -0.4 is 14.8 Å². The highest BCUT2D eigenvalue weighted by Crippen LogP contribution is 2.17. The molecule has 128 valence electrons. The number of nitrogens with one attached hydrogen (secondary N) is 1. The molecule has 0 radical (unpaired) electrons. The number of hydrogen-bond donors (Lipinski definition) is 1. The summed E-state index contributed by atoms with van der Waals surface area (Å²) in [6, 6.07) is 15.0. The number of hydrogen-bond acceptors (Lipinski definition) is 3. The van der Waals surface area contributed by atoms with Crippen molar-refractivity contribution in [3.8, 4) is 11.5 Å². The van der Waals surface area contributed by atoms with Gasteiger partial charge in [0.05, 0.1) is 6.61 Å². The SMILES string of the molecule is Cc1cccc(OCC(=O)Nc2ccc(OCCC(C)C)cc2)c1. The minimum Gasteiger partial charge on any atom is -0.494 e. The second-order valence-electron chi connectivity index (χ2n) is 6.21. The third-order valence-corrected chi connectivity index (χ3v) is 3.46. The van der Waals surface area contributed by atoms with E-state index in [2.05, 4.69) is 19.2 Å². The van der Waals surface area contributed by atoms with E-state index in [1.54, 1.807) is 0 Å². The molecule has 24 heavy (non-hydrogen) atoms. The fraction of sp³-hybridized carbons (Fsp3) is 0.350. The molecule has 0 aliphatic rings. The summed E-state index contributed by atoms with van der Waals surface area (Å²) >= 11 is 0. The molecule has 1 N–H and O–H groups in total. The summed E-state index contributed by atoms with van der Waals surface area (Å²) in [4.78, 5) is 11.9. The van der Waals surface area contributed by atoms with Gasteiger partial charge in [-0.2, -0.15) is 0 Å². The molecule has 2 aromatic rings. The first-order valence-electron chi connectivity index (χ1n) is 8.25. The predicted molar refractivity (Wildman–Crippen MR) is 96.7 cm³/mol. The van der Waals surface area contributed by atoms with Crippen molar-refractivity contribution in [3.63, 3.8) is 0 Å². The van der Waals surface area contributed by atoms with Crippen molar-refractivity contribution in [1.82, 2.24) is 0 Å². The molecule has 4 nitrogen and oxygen atoms in total. The summed E-state index contributed by atoms with van der Waals surface area (Å²) in [6.07, 6.45) is 1.02. The van der Waals surface area contributed by atoms with Crippen LogP contribution in [-0.2, 0) is 4.79 Å². The molecule has 0 saturated carbocycles. The van der Waals surface area contributed by atoms with E-state index in [9.17, 15) is 4.79 Å². The van der Waals surface area contributed by atoms with Crippen molar-refractivity contribution < 1.29 is 14.3 Å². The highest BCUT2D eigenvalue weighted by molar-refractivity contribution is 5.91. The van der Waals surface area contributed by atoms with Gasteiger partial charge in [-0.05, 0) is 61.2 Å². The monoisotopic (exact) mass is 327 g/mol. The van der Waals surface area contributed by atoms with Crippen molar-refractivity contribution in [2.45, 2.75) is 27.2 Å². The third kappa shape index (κ3) is 6.32. The highest BCUT2D eigenvalue weighted by Gasteiger charge is 2.04. The van der Waals surface area contributed by atoms with Crippen molar-refractivity contribution in [2.24, 2.45) is 5.92 Å². The Hall–Kier alpha value is -2.49. The van der Waals surface area contributed by atoms with Gasteiger partial charge in [0.15, 0.2) is 6.61 Å². The van der Waals surface area contributed by atoms with Crippen LogP contribution in [0.5, 0.6) is 11.5 Å². The zero-order valence-electron chi connectivity index (χ0n) is 14.5. The number of carbonyl (C=O) groups is 1. The van der Waals surface area contributed by atoms with Gasteiger partial charge < -0.3 is 14.8 Å². The van der Waals surface area contributed by atoms with Gasteiger partial charge in [-0.1, -0.05) is 26.0 Å². The number of benzene rings is 2. The third-order valence-electron chi connectivity index (χ3n) is 3.46. The van der Waals surface area contributed by atoms with Crippen molar-refractivity contribution >= 4 is 11.6 Å². The number of aryl methyl sites for hydroxylation is 1. The molecule has 2 rings (SSSR count). The Kier molecular flexibility index (Phi) is 6.67. The number of ether oxygens (including phenoxy) is 2. The zero-order chi connectivity index (χ0) is 17.4. The highest BCUT2D eigenvalue weighted by atomic mass is 16.5. The van der Waals surface area contributed by atoms with Crippen LogP contribution in [0, 0.1) is 12.8 Å². The zero-order valence-corrected chi connectivity index (χ0v) is 14.5. The molecule has 0 aliphatic carbocycles. The molecule has 0 spiro atoms. The van der Waals surface area contributed by atoms with Crippen LogP contribution in [0.4, 0.5) is 5.69 Å². The first-order chi connectivity index (χ1) is 11.5. The van der Waals surface area contributed by atoms with E-state index in [-0.39, 0.29) is 12.5 Å². The Morgan fingerprint density at radius 1 is 1.04 bits per heavy atom. The Labute approximate surface area is 143 Å². The first kappa shape index (κ1) is 17.9. The maximum absolute atomic E-state index is 11.9. The van der Waals surface area contributed by atoms with Crippen molar-refractivity contribution in [1.29, 1.82) is 0 Å². The Bertz CT molecular complexity index is 650. The lowest BCUT2D eigenvalue weighted by molar-refractivity contribution is -0.118. The van der Waals surface area contributed by atoms with Gasteiger partial charge in [-0.15, -0.1) is 0 Å². The molecule has 4 heteroatoms. The van der Waals surface area contributed by atoms with Gasteiger partial charge in [0.2, 0.25) is 0 Å². The van der Waals surface area contributed by atoms with Gasteiger partial charge in [-0.3, -0.25) is 4.79 Å². The fourth-order valence-corrected chi connectivity index (χ4v) is 2.10. The van der Waals surface area contributed by atoms with E-state index in [4.69, 9.17) is 9.47 Å². The van der Waals surface area contributed by atoms with Crippen molar-refractivity contribution in [2.75, 3.05) is 18.5 Å².